The van der Waals surface area contributed by atoms with Crippen molar-refractivity contribution >= 4 is 28.7 Å². The molecule has 0 aliphatic carbocycles. The molecule has 5 heteroatoms. The maximum atomic E-state index is 9.04. The first kappa shape index (κ1) is 12.2. The van der Waals surface area contributed by atoms with Crippen LogP contribution < -0.4 is 4.65 Å². The lowest BCUT2D eigenvalue weighted by molar-refractivity contribution is 0.292. The lowest BCUT2D eigenvalue weighted by Crippen LogP contribution is -2.20. The van der Waals surface area contributed by atoms with Crippen LogP contribution in [0, 0.1) is 0 Å². The van der Waals surface area contributed by atoms with E-state index in [1.807, 2.05) is 54.6 Å². The van der Waals surface area contributed by atoms with Gasteiger partial charge in [-0.05, 0) is 11.6 Å². The van der Waals surface area contributed by atoms with Crippen LogP contribution in [0.2, 0.25) is 0 Å². The van der Waals surface area contributed by atoms with Crippen LogP contribution in [0.5, 0.6) is 5.06 Å². The van der Waals surface area contributed by atoms with Gasteiger partial charge >= 0.3 is 7.32 Å². The third kappa shape index (κ3) is 2.36. The highest BCUT2D eigenvalue weighted by atomic mass is 32.1. The largest absolute Gasteiger partial charge is 0.708 e. The van der Waals surface area contributed by atoms with Gasteiger partial charge in [0.25, 0.3) is 0 Å². The maximum absolute atomic E-state index is 9.04. The zero-order valence-electron chi connectivity index (χ0n) is 9.98. The Morgan fingerprint density at radius 2 is 1.58 bits per heavy atom. The summed E-state index contributed by atoms with van der Waals surface area (Å²) in [6.45, 7) is 0. The third-order valence-corrected chi connectivity index (χ3v) is 3.90. The van der Waals surface area contributed by atoms with Gasteiger partial charge in [-0.3, -0.25) is 0 Å². The van der Waals surface area contributed by atoms with Crippen LogP contribution >= 0.6 is 11.3 Å². The molecule has 3 aromatic rings. The van der Waals surface area contributed by atoms with E-state index in [0.29, 0.717) is 5.06 Å². The summed E-state index contributed by atoms with van der Waals surface area (Å²) in [5.41, 5.74) is 1.89. The SMILES string of the molecule is OB(O)Oc1sc2ccccc2c1-c1ccccc1. The zero-order chi connectivity index (χ0) is 13.2. The van der Waals surface area contributed by atoms with Crippen LogP contribution in [-0.4, -0.2) is 17.4 Å². The summed E-state index contributed by atoms with van der Waals surface area (Å²) >= 11 is 1.40. The summed E-state index contributed by atoms with van der Waals surface area (Å²) in [7, 11) is -1.81. The van der Waals surface area contributed by atoms with Crippen LogP contribution in [0.4, 0.5) is 0 Å². The number of benzene rings is 2. The second-order valence-electron chi connectivity index (χ2n) is 4.07. The molecule has 0 aliphatic heterocycles. The number of rotatable bonds is 3. The molecular weight excluding hydrogens is 259 g/mol. The van der Waals surface area contributed by atoms with Gasteiger partial charge in [-0.15, -0.1) is 0 Å². The minimum atomic E-state index is -1.81. The first-order chi connectivity index (χ1) is 9.25. The van der Waals surface area contributed by atoms with E-state index in [1.165, 1.54) is 11.3 Å². The average molecular weight is 270 g/mol. The summed E-state index contributed by atoms with van der Waals surface area (Å²) in [5.74, 6) is 0. The Balaban J connectivity index is 2.24. The Morgan fingerprint density at radius 3 is 2.32 bits per heavy atom. The van der Waals surface area contributed by atoms with E-state index in [0.717, 1.165) is 21.2 Å². The first-order valence-electron chi connectivity index (χ1n) is 5.85. The molecule has 3 nitrogen and oxygen atoms in total. The summed E-state index contributed by atoms with van der Waals surface area (Å²) in [6, 6.07) is 17.7. The minimum absolute atomic E-state index is 0.516. The van der Waals surface area contributed by atoms with Gasteiger partial charge in [0, 0.05) is 15.6 Å². The summed E-state index contributed by atoms with van der Waals surface area (Å²) in [6.07, 6.45) is 0. The van der Waals surface area contributed by atoms with Gasteiger partial charge in [0.1, 0.15) is 0 Å². The maximum Gasteiger partial charge on any atom is 0.708 e. The lowest BCUT2D eigenvalue weighted by atomic mass is 10.0. The Labute approximate surface area is 114 Å². The smallest absolute Gasteiger partial charge is 0.504 e. The molecule has 0 atom stereocenters. The normalized spacial score (nSPS) is 10.6. The van der Waals surface area contributed by atoms with E-state index >= 15 is 0 Å². The van der Waals surface area contributed by atoms with Gasteiger partial charge in [-0.25, -0.2) is 0 Å². The molecular formula is C14H11BO3S. The van der Waals surface area contributed by atoms with Crippen LogP contribution in [0.1, 0.15) is 0 Å². The standard InChI is InChI=1S/C14H11BO3S/c16-15(17)18-14-13(10-6-2-1-3-7-10)11-8-4-5-9-12(11)19-14/h1-9,16-17H. The minimum Gasteiger partial charge on any atom is -0.504 e. The van der Waals surface area contributed by atoms with Crippen LogP contribution in [-0.2, 0) is 0 Å². The van der Waals surface area contributed by atoms with Crippen LogP contribution in [0.15, 0.2) is 54.6 Å². The molecule has 2 N–H and O–H groups in total. The predicted molar refractivity (Wildman–Crippen MR) is 78.1 cm³/mol. The van der Waals surface area contributed by atoms with Crippen molar-refractivity contribution in [1.29, 1.82) is 0 Å². The van der Waals surface area contributed by atoms with Crippen molar-refractivity contribution in [1.82, 2.24) is 0 Å². The molecule has 0 radical (unpaired) electrons. The van der Waals surface area contributed by atoms with Gasteiger partial charge in [-0.2, -0.15) is 0 Å². The molecule has 1 heterocycles. The highest BCUT2D eigenvalue weighted by Gasteiger charge is 2.20. The Kier molecular flexibility index (Phi) is 3.25. The molecule has 0 amide bonds. The summed E-state index contributed by atoms with van der Waals surface area (Å²) in [5, 5.41) is 19.7. The molecule has 94 valence electrons. The zero-order valence-corrected chi connectivity index (χ0v) is 10.8. The molecule has 3 rings (SSSR count). The van der Waals surface area contributed by atoms with E-state index in [9.17, 15) is 0 Å². The second-order valence-corrected chi connectivity index (χ2v) is 5.09. The van der Waals surface area contributed by atoms with Crippen molar-refractivity contribution in [2.45, 2.75) is 0 Å². The van der Waals surface area contributed by atoms with Gasteiger partial charge < -0.3 is 14.7 Å². The van der Waals surface area contributed by atoms with Gasteiger partial charge in [0.2, 0.25) is 0 Å². The monoisotopic (exact) mass is 270 g/mol. The van der Waals surface area contributed by atoms with Crippen molar-refractivity contribution in [3.63, 3.8) is 0 Å². The fraction of sp³-hybridized carbons (Fsp3) is 0. The van der Waals surface area contributed by atoms with Gasteiger partial charge in [0.05, 0.1) is 0 Å². The number of thiophene rings is 1. The Hall–Kier alpha value is -1.82. The third-order valence-electron chi connectivity index (χ3n) is 2.84. The molecule has 0 unspecified atom stereocenters. The molecule has 0 saturated heterocycles. The Bertz CT molecular complexity index is 694. The number of fused-ring (bicyclic) bond motifs is 1. The van der Waals surface area contributed by atoms with Crippen molar-refractivity contribution < 1.29 is 14.7 Å². The molecule has 19 heavy (non-hydrogen) atoms. The topological polar surface area (TPSA) is 49.7 Å². The molecule has 0 aliphatic rings. The van der Waals surface area contributed by atoms with Gasteiger partial charge in [0.15, 0.2) is 5.06 Å². The quantitative estimate of drug-likeness (QED) is 0.719. The molecule has 0 fully saturated rings. The molecule has 0 saturated carbocycles. The number of hydrogen-bond acceptors (Lipinski definition) is 4. The van der Waals surface area contributed by atoms with E-state index in [4.69, 9.17) is 14.7 Å². The van der Waals surface area contributed by atoms with Crippen LogP contribution in [0.25, 0.3) is 21.2 Å². The van der Waals surface area contributed by atoms with E-state index in [-0.39, 0.29) is 0 Å². The lowest BCUT2D eigenvalue weighted by Gasteiger charge is -2.06. The summed E-state index contributed by atoms with van der Waals surface area (Å²) < 4.78 is 6.17. The van der Waals surface area contributed by atoms with E-state index in [2.05, 4.69) is 0 Å². The van der Waals surface area contributed by atoms with Crippen molar-refractivity contribution in [3.05, 3.63) is 54.6 Å². The average Bonchev–Trinajstić information content (AvgIpc) is 2.76. The van der Waals surface area contributed by atoms with Crippen molar-refractivity contribution in [2.75, 3.05) is 0 Å². The summed E-state index contributed by atoms with van der Waals surface area (Å²) in [4.78, 5) is 0. The van der Waals surface area contributed by atoms with E-state index < -0.39 is 7.32 Å². The van der Waals surface area contributed by atoms with Crippen molar-refractivity contribution in [2.24, 2.45) is 0 Å². The molecule has 1 aromatic heterocycles. The molecule has 0 bridgehead atoms. The fourth-order valence-electron chi connectivity index (χ4n) is 2.08. The fourth-order valence-corrected chi connectivity index (χ4v) is 3.17. The van der Waals surface area contributed by atoms with Gasteiger partial charge in [-0.1, -0.05) is 59.9 Å². The first-order valence-corrected chi connectivity index (χ1v) is 6.67. The number of hydrogen-bond donors (Lipinski definition) is 2. The van der Waals surface area contributed by atoms with E-state index in [1.54, 1.807) is 0 Å². The van der Waals surface area contributed by atoms with Crippen molar-refractivity contribution in [3.8, 4) is 16.2 Å². The van der Waals surface area contributed by atoms with Crippen LogP contribution in [0.3, 0.4) is 0 Å². The molecule has 2 aromatic carbocycles. The second kappa shape index (κ2) is 5.05. The highest BCUT2D eigenvalue weighted by molar-refractivity contribution is 7.21. The molecule has 0 spiro atoms. The Morgan fingerprint density at radius 1 is 0.895 bits per heavy atom. The predicted octanol–water partition coefficient (Wildman–Crippen LogP) is 2.92. The highest BCUT2D eigenvalue weighted by Crippen LogP contribution is 2.44.